The molecule has 0 bridgehead atoms. The minimum absolute atomic E-state index is 0.0590. The van der Waals surface area contributed by atoms with Crippen molar-refractivity contribution in [2.45, 2.75) is 26.5 Å². The summed E-state index contributed by atoms with van der Waals surface area (Å²) in [6.07, 6.45) is 3.38. The van der Waals surface area contributed by atoms with Crippen LogP contribution < -0.4 is 15.3 Å². The molecule has 29 heavy (non-hydrogen) atoms. The van der Waals surface area contributed by atoms with Crippen LogP contribution in [0.5, 0.6) is 5.88 Å². The van der Waals surface area contributed by atoms with E-state index in [-0.39, 0.29) is 11.8 Å². The molecule has 0 N–H and O–H groups in total. The summed E-state index contributed by atoms with van der Waals surface area (Å²) in [4.78, 5) is 29.2. The summed E-state index contributed by atoms with van der Waals surface area (Å²) < 4.78 is 7.35. The number of ether oxygens (including phenoxy) is 1. The van der Waals surface area contributed by atoms with E-state index in [4.69, 9.17) is 4.74 Å². The van der Waals surface area contributed by atoms with Gasteiger partial charge in [0.05, 0.1) is 22.7 Å². The zero-order valence-electron chi connectivity index (χ0n) is 17.1. The van der Waals surface area contributed by atoms with E-state index < -0.39 is 0 Å². The van der Waals surface area contributed by atoms with Crippen LogP contribution in [0, 0.1) is 0 Å². The lowest BCUT2D eigenvalue weighted by molar-refractivity contribution is 0.235. The third-order valence-electron chi connectivity index (χ3n) is 5.08. The molecule has 1 fully saturated rings. The first-order valence-electron chi connectivity index (χ1n) is 9.91. The summed E-state index contributed by atoms with van der Waals surface area (Å²) in [5, 5.41) is 0.936. The third-order valence-corrected chi connectivity index (χ3v) is 5.08. The minimum atomic E-state index is -0.209. The molecule has 0 unspecified atom stereocenters. The molecule has 0 aliphatic carbocycles. The van der Waals surface area contributed by atoms with Crippen LogP contribution in [0.2, 0.25) is 0 Å². The Hall–Kier alpha value is -3.00. The molecule has 0 saturated carbocycles. The molecule has 8 heteroatoms. The monoisotopic (exact) mass is 394 g/mol. The van der Waals surface area contributed by atoms with E-state index in [0.717, 1.165) is 48.5 Å². The fourth-order valence-corrected chi connectivity index (χ4v) is 3.52. The Bertz CT molecular complexity index is 1060. The van der Waals surface area contributed by atoms with Gasteiger partial charge in [-0.15, -0.1) is 0 Å². The average Bonchev–Trinajstić information content (AvgIpc) is 2.71. The number of hydrogen-bond donors (Lipinski definition) is 0. The van der Waals surface area contributed by atoms with E-state index in [1.807, 2.05) is 26.0 Å². The second-order valence-electron chi connectivity index (χ2n) is 7.62. The van der Waals surface area contributed by atoms with Gasteiger partial charge >= 0.3 is 5.69 Å². The molecule has 0 amide bonds. The van der Waals surface area contributed by atoms with Gasteiger partial charge in [0, 0.05) is 51.7 Å². The molecule has 1 aromatic carbocycles. The standard InChI is InChI=1S/C21H26N6O2/c1-15(2)29-20-18-12-17(4-5-19(18)22-14-23-20)27-10-8-26(9-11-27)13-16-6-7-25(3)21(28)24-16/h4-7,12,14-15H,8-11,13H2,1-3H3. The van der Waals surface area contributed by atoms with Gasteiger partial charge in [-0.3, -0.25) is 4.90 Å². The van der Waals surface area contributed by atoms with Crippen LogP contribution in [0.25, 0.3) is 10.9 Å². The molecule has 1 saturated heterocycles. The lowest BCUT2D eigenvalue weighted by atomic mass is 10.2. The topological polar surface area (TPSA) is 76.4 Å². The lowest BCUT2D eigenvalue weighted by Gasteiger charge is -2.36. The van der Waals surface area contributed by atoms with E-state index in [1.165, 1.54) is 4.57 Å². The van der Waals surface area contributed by atoms with Gasteiger partial charge in [-0.2, -0.15) is 4.98 Å². The van der Waals surface area contributed by atoms with Gasteiger partial charge in [-0.1, -0.05) is 0 Å². The number of aromatic nitrogens is 4. The molecule has 3 heterocycles. The van der Waals surface area contributed by atoms with Gasteiger partial charge < -0.3 is 14.2 Å². The predicted octanol–water partition coefficient (Wildman–Crippen LogP) is 1.83. The Balaban J connectivity index is 1.46. The summed E-state index contributed by atoms with van der Waals surface area (Å²) in [6, 6.07) is 8.15. The quantitative estimate of drug-likeness (QED) is 0.653. The Morgan fingerprint density at radius 1 is 1.10 bits per heavy atom. The second-order valence-corrected chi connectivity index (χ2v) is 7.62. The molecule has 0 atom stereocenters. The molecule has 0 radical (unpaired) electrons. The summed E-state index contributed by atoms with van der Waals surface area (Å²) >= 11 is 0. The molecule has 1 aliphatic rings. The maximum absolute atomic E-state index is 11.7. The number of rotatable bonds is 5. The molecule has 2 aromatic heterocycles. The normalized spacial score (nSPS) is 15.2. The van der Waals surface area contributed by atoms with E-state index >= 15 is 0 Å². The van der Waals surface area contributed by atoms with Crippen LogP contribution in [-0.2, 0) is 13.6 Å². The summed E-state index contributed by atoms with van der Waals surface area (Å²) in [5.74, 6) is 0.627. The SMILES string of the molecule is CC(C)Oc1ncnc2ccc(N3CCN(Cc4ccn(C)c(=O)n4)CC3)cc12. The lowest BCUT2D eigenvalue weighted by Crippen LogP contribution is -2.46. The Labute approximate surface area is 169 Å². The van der Waals surface area contributed by atoms with Crippen molar-refractivity contribution in [1.82, 2.24) is 24.4 Å². The first-order chi connectivity index (χ1) is 14.0. The number of benzene rings is 1. The van der Waals surface area contributed by atoms with E-state index in [2.05, 4.69) is 36.9 Å². The third kappa shape index (κ3) is 4.37. The van der Waals surface area contributed by atoms with Crippen LogP contribution in [0.15, 0.2) is 41.6 Å². The van der Waals surface area contributed by atoms with Crippen molar-refractivity contribution in [3.05, 3.63) is 53.0 Å². The number of anilines is 1. The van der Waals surface area contributed by atoms with Crippen LogP contribution in [-0.4, -0.2) is 56.7 Å². The maximum Gasteiger partial charge on any atom is 0.347 e. The van der Waals surface area contributed by atoms with Gasteiger partial charge in [0.25, 0.3) is 0 Å². The highest BCUT2D eigenvalue weighted by atomic mass is 16.5. The van der Waals surface area contributed by atoms with Gasteiger partial charge in [0.2, 0.25) is 5.88 Å². The number of nitrogens with zero attached hydrogens (tertiary/aromatic N) is 6. The van der Waals surface area contributed by atoms with Crippen LogP contribution >= 0.6 is 0 Å². The fourth-order valence-electron chi connectivity index (χ4n) is 3.52. The zero-order valence-corrected chi connectivity index (χ0v) is 17.1. The maximum atomic E-state index is 11.7. The number of fused-ring (bicyclic) bond motifs is 1. The predicted molar refractivity (Wildman–Crippen MR) is 112 cm³/mol. The van der Waals surface area contributed by atoms with Crippen LogP contribution in [0.3, 0.4) is 0 Å². The number of hydrogen-bond acceptors (Lipinski definition) is 7. The van der Waals surface area contributed by atoms with Gasteiger partial charge in [0.15, 0.2) is 0 Å². The van der Waals surface area contributed by atoms with Crippen molar-refractivity contribution in [3.63, 3.8) is 0 Å². The Morgan fingerprint density at radius 3 is 2.62 bits per heavy atom. The highest BCUT2D eigenvalue weighted by Crippen LogP contribution is 2.28. The average molecular weight is 394 g/mol. The smallest absolute Gasteiger partial charge is 0.347 e. The fraction of sp³-hybridized carbons (Fsp3) is 0.429. The van der Waals surface area contributed by atoms with Gasteiger partial charge in [-0.25, -0.2) is 14.8 Å². The summed E-state index contributed by atoms with van der Waals surface area (Å²) in [6.45, 7) is 8.32. The summed E-state index contributed by atoms with van der Waals surface area (Å²) in [5.41, 5.74) is 2.64. The summed E-state index contributed by atoms with van der Waals surface area (Å²) in [7, 11) is 1.71. The first kappa shape index (κ1) is 19.3. The van der Waals surface area contributed by atoms with E-state index in [0.29, 0.717) is 12.4 Å². The van der Waals surface area contributed by atoms with Crippen molar-refractivity contribution in [2.24, 2.45) is 7.05 Å². The number of aryl methyl sites for hydroxylation is 1. The molecule has 0 spiro atoms. The van der Waals surface area contributed by atoms with Crippen LogP contribution in [0.4, 0.5) is 5.69 Å². The highest BCUT2D eigenvalue weighted by molar-refractivity contribution is 5.86. The van der Waals surface area contributed by atoms with Gasteiger partial charge in [0.1, 0.15) is 6.33 Å². The molecular weight excluding hydrogens is 368 g/mol. The van der Waals surface area contributed by atoms with E-state index in [1.54, 1.807) is 19.6 Å². The minimum Gasteiger partial charge on any atom is -0.474 e. The first-order valence-corrected chi connectivity index (χ1v) is 9.91. The van der Waals surface area contributed by atoms with Crippen LogP contribution in [0.1, 0.15) is 19.5 Å². The van der Waals surface area contributed by atoms with Gasteiger partial charge in [-0.05, 0) is 38.1 Å². The molecule has 152 valence electrons. The molecule has 4 rings (SSSR count). The molecule has 3 aromatic rings. The van der Waals surface area contributed by atoms with Crippen molar-refractivity contribution >= 4 is 16.6 Å². The molecular formula is C21H26N6O2. The van der Waals surface area contributed by atoms with Crippen molar-refractivity contribution in [3.8, 4) is 5.88 Å². The molecule has 8 nitrogen and oxygen atoms in total. The largest absolute Gasteiger partial charge is 0.474 e. The van der Waals surface area contributed by atoms with Crippen molar-refractivity contribution in [1.29, 1.82) is 0 Å². The Morgan fingerprint density at radius 2 is 1.90 bits per heavy atom. The van der Waals surface area contributed by atoms with Crippen molar-refractivity contribution in [2.75, 3.05) is 31.1 Å². The second kappa shape index (κ2) is 8.16. The zero-order chi connectivity index (χ0) is 20.4. The number of piperazine rings is 1. The van der Waals surface area contributed by atoms with E-state index in [9.17, 15) is 4.79 Å². The molecule has 1 aliphatic heterocycles. The van der Waals surface area contributed by atoms with Crippen molar-refractivity contribution < 1.29 is 4.74 Å². The highest BCUT2D eigenvalue weighted by Gasteiger charge is 2.19. The Kier molecular flexibility index (Phi) is 5.44.